The summed E-state index contributed by atoms with van der Waals surface area (Å²) in [5, 5.41) is 7.50. The SMILES string of the molecule is CCCC(=O)NCCc1c(C)nn(-c2ccccn2)c1C. The number of aryl methyl sites for hydroxylation is 1. The van der Waals surface area contributed by atoms with Gasteiger partial charge in [0.1, 0.15) is 0 Å². The summed E-state index contributed by atoms with van der Waals surface area (Å²) in [6.45, 7) is 6.69. The summed E-state index contributed by atoms with van der Waals surface area (Å²) in [4.78, 5) is 15.8. The molecule has 1 N–H and O–H groups in total. The summed E-state index contributed by atoms with van der Waals surface area (Å²) in [6, 6.07) is 5.77. The highest BCUT2D eigenvalue weighted by Gasteiger charge is 2.13. The molecule has 0 aromatic carbocycles. The molecule has 0 saturated heterocycles. The molecule has 0 aliphatic heterocycles. The number of hydrogen-bond acceptors (Lipinski definition) is 3. The van der Waals surface area contributed by atoms with Crippen LogP contribution in [0.5, 0.6) is 0 Å². The molecule has 2 rings (SSSR count). The molecule has 0 radical (unpaired) electrons. The predicted molar refractivity (Wildman–Crippen MR) is 82.5 cm³/mol. The Labute approximate surface area is 125 Å². The number of hydrogen-bond donors (Lipinski definition) is 1. The molecule has 0 fully saturated rings. The first-order valence-corrected chi connectivity index (χ1v) is 7.36. The minimum Gasteiger partial charge on any atom is -0.356 e. The molecular weight excluding hydrogens is 264 g/mol. The van der Waals surface area contributed by atoms with Crippen molar-refractivity contribution in [2.45, 2.75) is 40.0 Å². The van der Waals surface area contributed by atoms with E-state index in [0.717, 1.165) is 30.0 Å². The normalized spacial score (nSPS) is 10.6. The van der Waals surface area contributed by atoms with E-state index >= 15 is 0 Å². The number of pyridine rings is 1. The Hall–Kier alpha value is -2.17. The highest BCUT2D eigenvalue weighted by molar-refractivity contribution is 5.75. The van der Waals surface area contributed by atoms with E-state index in [2.05, 4.69) is 15.4 Å². The van der Waals surface area contributed by atoms with Crippen LogP contribution in [-0.4, -0.2) is 27.2 Å². The largest absolute Gasteiger partial charge is 0.356 e. The molecule has 0 spiro atoms. The van der Waals surface area contributed by atoms with Gasteiger partial charge in [0.25, 0.3) is 0 Å². The van der Waals surface area contributed by atoms with E-state index < -0.39 is 0 Å². The van der Waals surface area contributed by atoms with Gasteiger partial charge in [-0.1, -0.05) is 13.0 Å². The van der Waals surface area contributed by atoms with Crippen molar-refractivity contribution in [2.75, 3.05) is 6.54 Å². The van der Waals surface area contributed by atoms with Crippen LogP contribution in [0.1, 0.15) is 36.7 Å². The van der Waals surface area contributed by atoms with Crippen molar-refractivity contribution in [1.29, 1.82) is 0 Å². The van der Waals surface area contributed by atoms with Gasteiger partial charge < -0.3 is 5.32 Å². The molecule has 2 aromatic heterocycles. The first-order chi connectivity index (χ1) is 10.1. The summed E-state index contributed by atoms with van der Waals surface area (Å²) >= 11 is 0. The maximum Gasteiger partial charge on any atom is 0.219 e. The zero-order valence-corrected chi connectivity index (χ0v) is 12.9. The second-order valence-electron chi connectivity index (χ2n) is 5.10. The summed E-state index contributed by atoms with van der Waals surface area (Å²) < 4.78 is 1.86. The number of aromatic nitrogens is 3. The van der Waals surface area contributed by atoms with Gasteiger partial charge in [-0.15, -0.1) is 0 Å². The topological polar surface area (TPSA) is 59.8 Å². The zero-order chi connectivity index (χ0) is 15.2. The van der Waals surface area contributed by atoms with E-state index in [1.54, 1.807) is 6.20 Å². The van der Waals surface area contributed by atoms with Gasteiger partial charge in [0, 0.05) is 24.9 Å². The molecule has 5 heteroatoms. The molecule has 112 valence electrons. The lowest BCUT2D eigenvalue weighted by molar-refractivity contribution is -0.121. The maximum atomic E-state index is 11.5. The first-order valence-electron chi connectivity index (χ1n) is 7.36. The number of nitrogens with one attached hydrogen (secondary N) is 1. The van der Waals surface area contributed by atoms with Crippen molar-refractivity contribution < 1.29 is 4.79 Å². The minimum atomic E-state index is 0.116. The Morgan fingerprint density at radius 1 is 1.33 bits per heavy atom. The van der Waals surface area contributed by atoms with Gasteiger partial charge in [0.15, 0.2) is 5.82 Å². The van der Waals surface area contributed by atoms with Crippen LogP contribution in [0.3, 0.4) is 0 Å². The molecule has 0 unspecified atom stereocenters. The third-order valence-corrected chi connectivity index (χ3v) is 3.48. The van der Waals surface area contributed by atoms with E-state index in [-0.39, 0.29) is 5.91 Å². The zero-order valence-electron chi connectivity index (χ0n) is 12.9. The molecule has 0 atom stereocenters. The lowest BCUT2D eigenvalue weighted by Crippen LogP contribution is -2.25. The summed E-state index contributed by atoms with van der Waals surface area (Å²) in [5.41, 5.74) is 3.25. The average Bonchev–Trinajstić information content (AvgIpc) is 2.76. The van der Waals surface area contributed by atoms with Gasteiger partial charge in [0.05, 0.1) is 5.69 Å². The molecular formula is C16H22N4O. The van der Waals surface area contributed by atoms with Crippen molar-refractivity contribution in [1.82, 2.24) is 20.1 Å². The number of nitrogens with zero attached hydrogens (tertiary/aromatic N) is 3. The number of carbonyl (C=O) groups is 1. The highest BCUT2D eigenvalue weighted by Crippen LogP contribution is 2.16. The third kappa shape index (κ3) is 3.68. The van der Waals surface area contributed by atoms with E-state index in [1.807, 2.05) is 43.7 Å². The minimum absolute atomic E-state index is 0.116. The van der Waals surface area contributed by atoms with E-state index in [1.165, 1.54) is 5.56 Å². The quantitative estimate of drug-likeness (QED) is 0.886. The molecule has 0 bridgehead atoms. The maximum absolute atomic E-state index is 11.5. The summed E-state index contributed by atoms with van der Waals surface area (Å²) in [6.07, 6.45) is 4.02. The van der Waals surface area contributed by atoms with Gasteiger partial charge in [0.2, 0.25) is 5.91 Å². The van der Waals surface area contributed by atoms with Crippen molar-refractivity contribution in [2.24, 2.45) is 0 Å². The molecule has 2 heterocycles. The van der Waals surface area contributed by atoms with Crippen LogP contribution in [0.4, 0.5) is 0 Å². The van der Waals surface area contributed by atoms with E-state index in [0.29, 0.717) is 13.0 Å². The second-order valence-corrected chi connectivity index (χ2v) is 5.10. The summed E-state index contributed by atoms with van der Waals surface area (Å²) in [5.74, 6) is 0.935. The predicted octanol–water partition coefficient (Wildman–Crippen LogP) is 2.34. The highest BCUT2D eigenvalue weighted by atomic mass is 16.1. The van der Waals surface area contributed by atoms with Crippen LogP contribution in [0.2, 0.25) is 0 Å². The monoisotopic (exact) mass is 286 g/mol. The van der Waals surface area contributed by atoms with E-state index in [4.69, 9.17) is 0 Å². The van der Waals surface area contributed by atoms with Crippen LogP contribution in [0.25, 0.3) is 5.82 Å². The van der Waals surface area contributed by atoms with Crippen LogP contribution < -0.4 is 5.32 Å². The van der Waals surface area contributed by atoms with Gasteiger partial charge in [-0.25, -0.2) is 9.67 Å². The summed E-state index contributed by atoms with van der Waals surface area (Å²) in [7, 11) is 0. The Kier molecular flexibility index (Phi) is 5.09. The average molecular weight is 286 g/mol. The molecule has 5 nitrogen and oxygen atoms in total. The number of rotatable bonds is 6. The molecule has 21 heavy (non-hydrogen) atoms. The first kappa shape index (κ1) is 15.2. The third-order valence-electron chi connectivity index (χ3n) is 3.48. The van der Waals surface area contributed by atoms with Crippen LogP contribution in [-0.2, 0) is 11.2 Å². The van der Waals surface area contributed by atoms with Gasteiger partial charge in [-0.2, -0.15) is 5.10 Å². The smallest absolute Gasteiger partial charge is 0.219 e. The van der Waals surface area contributed by atoms with Crippen molar-refractivity contribution in [3.8, 4) is 5.82 Å². The Bertz CT molecular complexity index is 604. The lowest BCUT2D eigenvalue weighted by atomic mass is 10.1. The fraction of sp³-hybridized carbons (Fsp3) is 0.438. The van der Waals surface area contributed by atoms with E-state index in [9.17, 15) is 4.79 Å². The van der Waals surface area contributed by atoms with Crippen molar-refractivity contribution in [3.05, 3.63) is 41.3 Å². The van der Waals surface area contributed by atoms with Gasteiger partial charge >= 0.3 is 0 Å². The van der Waals surface area contributed by atoms with Crippen molar-refractivity contribution >= 4 is 5.91 Å². The second kappa shape index (κ2) is 7.02. The van der Waals surface area contributed by atoms with Crippen LogP contribution in [0.15, 0.2) is 24.4 Å². The lowest BCUT2D eigenvalue weighted by Gasteiger charge is -2.06. The van der Waals surface area contributed by atoms with Gasteiger partial charge in [-0.05, 0) is 44.4 Å². The van der Waals surface area contributed by atoms with Crippen LogP contribution >= 0.6 is 0 Å². The Morgan fingerprint density at radius 3 is 2.81 bits per heavy atom. The molecule has 1 amide bonds. The van der Waals surface area contributed by atoms with Crippen LogP contribution in [0, 0.1) is 13.8 Å². The molecule has 2 aromatic rings. The molecule has 0 aliphatic rings. The molecule has 0 aliphatic carbocycles. The van der Waals surface area contributed by atoms with Crippen molar-refractivity contribution in [3.63, 3.8) is 0 Å². The fourth-order valence-electron chi connectivity index (χ4n) is 2.38. The number of carbonyl (C=O) groups excluding carboxylic acids is 1. The van der Waals surface area contributed by atoms with Gasteiger partial charge in [-0.3, -0.25) is 4.79 Å². The Balaban J connectivity index is 2.08. The molecule has 0 saturated carbocycles. The Morgan fingerprint density at radius 2 is 2.14 bits per heavy atom. The standard InChI is InChI=1S/C16H22N4O/c1-4-7-16(21)18-11-9-14-12(2)19-20(13(14)3)15-8-5-6-10-17-15/h5-6,8,10H,4,7,9,11H2,1-3H3,(H,18,21). The fourth-order valence-corrected chi connectivity index (χ4v) is 2.38. The number of amides is 1.